The molecular formula is C17H12ClN3O. The number of pyridine rings is 1. The van der Waals surface area contributed by atoms with Crippen molar-refractivity contribution in [1.82, 2.24) is 9.97 Å². The fourth-order valence-electron chi connectivity index (χ4n) is 2.32. The van der Waals surface area contributed by atoms with Gasteiger partial charge in [-0.1, -0.05) is 17.7 Å². The Morgan fingerprint density at radius 3 is 3.05 bits per heavy atom. The number of benzene rings is 1. The molecule has 0 radical (unpaired) electrons. The van der Waals surface area contributed by atoms with Crippen LogP contribution < -0.4 is 4.74 Å². The first-order chi connectivity index (χ1) is 10.7. The molecule has 0 atom stereocenters. The average molecular weight is 310 g/mol. The first-order valence-electron chi connectivity index (χ1n) is 6.57. The third kappa shape index (κ3) is 2.54. The number of H-pyrrole nitrogens is 1. The number of nitrogens with zero attached hydrogens (tertiary/aromatic N) is 2. The second-order valence-electron chi connectivity index (χ2n) is 4.65. The number of fused-ring (bicyclic) bond motifs is 1. The maximum absolute atomic E-state index is 7.49. The standard InChI is InChI=1S/C17H12ClN3O/c1-19-15(7-11-9-20-6-5-17(11)22-2)14-10-21-16-8-12(18)3-4-13(14)16/h3-10,21H,2H3/b15-7-. The highest BCUT2D eigenvalue weighted by atomic mass is 35.5. The van der Waals surface area contributed by atoms with E-state index >= 15 is 0 Å². The van der Waals surface area contributed by atoms with Crippen LogP contribution in [0, 0.1) is 6.57 Å². The molecule has 0 fully saturated rings. The molecule has 22 heavy (non-hydrogen) atoms. The van der Waals surface area contributed by atoms with E-state index in [1.54, 1.807) is 31.6 Å². The minimum Gasteiger partial charge on any atom is -0.496 e. The Kier molecular flexibility index (Phi) is 3.82. The predicted molar refractivity (Wildman–Crippen MR) is 88.6 cm³/mol. The van der Waals surface area contributed by atoms with Crippen molar-refractivity contribution in [1.29, 1.82) is 0 Å². The van der Waals surface area contributed by atoms with E-state index in [1.807, 2.05) is 24.4 Å². The molecule has 3 aromatic rings. The number of hydrogen-bond acceptors (Lipinski definition) is 2. The molecule has 2 aromatic heterocycles. The monoisotopic (exact) mass is 309 g/mol. The summed E-state index contributed by atoms with van der Waals surface area (Å²) < 4.78 is 5.30. The molecule has 0 saturated heterocycles. The molecule has 2 heterocycles. The van der Waals surface area contributed by atoms with Crippen molar-refractivity contribution >= 4 is 34.3 Å². The molecule has 1 N–H and O–H groups in total. The van der Waals surface area contributed by atoms with Gasteiger partial charge in [0.25, 0.3) is 0 Å². The van der Waals surface area contributed by atoms with Crippen molar-refractivity contribution in [3.05, 3.63) is 70.4 Å². The lowest BCUT2D eigenvalue weighted by Crippen LogP contribution is -1.88. The first-order valence-corrected chi connectivity index (χ1v) is 6.95. The third-order valence-electron chi connectivity index (χ3n) is 3.36. The highest BCUT2D eigenvalue weighted by Gasteiger charge is 2.10. The van der Waals surface area contributed by atoms with Crippen LogP contribution in [0.15, 0.2) is 42.9 Å². The zero-order valence-corrected chi connectivity index (χ0v) is 12.6. The molecule has 0 bridgehead atoms. The van der Waals surface area contributed by atoms with Gasteiger partial charge >= 0.3 is 0 Å². The SMILES string of the molecule is [C-]#[N+]/C(=C\c1cnccc1OC)c1c[nH]c2cc(Cl)ccc12. The van der Waals surface area contributed by atoms with Crippen LogP contribution in [-0.2, 0) is 0 Å². The van der Waals surface area contributed by atoms with E-state index in [0.717, 1.165) is 22.0 Å². The number of methoxy groups -OCH3 is 1. The zero-order valence-electron chi connectivity index (χ0n) is 11.8. The molecule has 0 saturated carbocycles. The number of ether oxygens (including phenoxy) is 1. The Balaban J connectivity index is 2.14. The summed E-state index contributed by atoms with van der Waals surface area (Å²) in [5.41, 5.74) is 3.00. The van der Waals surface area contributed by atoms with Gasteiger partial charge in [0.05, 0.1) is 13.7 Å². The molecule has 1 aromatic carbocycles. The number of nitrogens with one attached hydrogen (secondary N) is 1. The van der Waals surface area contributed by atoms with Crippen molar-refractivity contribution < 1.29 is 4.74 Å². The minimum absolute atomic E-state index is 0.514. The van der Waals surface area contributed by atoms with Crippen LogP contribution in [0.3, 0.4) is 0 Å². The van der Waals surface area contributed by atoms with E-state index in [1.165, 1.54) is 0 Å². The van der Waals surface area contributed by atoms with E-state index in [9.17, 15) is 0 Å². The van der Waals surface area contributed by atoms with Crippen molar-refractivity contribution in [2.45, 2.75) is 0 Å². The van der Waals surface area contributed by atoms with Gasteiger partial charge in [0.15, 0.2) is 5.70 Å². The quantitative estimate of drug-likeness (QED) is 0.716. The predicted octanol–water partition coefficient (Wildman–Crippen LogP) is 4.64. The molecule has 0 aliphatic carbocycles. The van der Waals surface area contributed by atoms with Crippen LogP contribution in [-0.4, -0.2) is 17.1 Å². The number of aromatic nitrogens is 2. The van der Waals surface area contributed by atoms with Crippen molar-refractivity contribution in [2.75, 3.05) is 7.11 Å². The second-order valence-corrected chi connectivity index (χ2v) is 5.09. The third-order valence-corrected chi connectivity index (χ3v) is 3.60. The van der Waals surface area contributed by atoms with Gasteiger partial charge in [0.2, 0.25) is 0 Å². The van der Waals surface area contributed by atoms with Crippen LogP contribution in [0.4, 0.5) is 0 Å². The summed E-state index contributed by atoms with van der Waals surface area (Å²) >= 11 is 5.99. The lowest BCUT2D eigenvalue weighted by Gasteiger charge is -2.04. The molecule has 5 heteroatoms. The molecule has 0 aliphatic heterocycles. The Morgan fingerprint density at radius 2 is 2.27 bits per heavy atom. The highest BCUT2D eigenvalue weighted by Crippen LogP contribution is 2.30. The Hall–Kier alpha value is -2.77. The van der Waals surface area contributed by atoms with Gasteiger partial charge in [-0.15, -0.1) is 0 Å². The minimum atomic E-state index is 0.514. The van der Waals surface area contributed by atoms with E-state index < -0.39 is 0 Å². The molecule has 4 nitrogen and oxygen atoms in total. The summed E-state index contributed by atoms with van der Waals surface area (Å²) in [5, 5.41) is 1.61. The van der Waals surface area contributed by atoms with E-state index in [-0.39, 0.29) is 0 Å². The fourth-order valence-corrected chi connectivity index (χ4v) is 2.49. The average Bonchev–Trinajstić information content (AvgIpc) is 2.95. The summed E-state index contributed by atoms with van der Waals surface area (Å²) in [6.45, 7) is 7.49. The van der Waals surface area contributed by atoms with Gasteiger partial charge in [-0.25, -0.2) is 4.85 Å². The maximum atomic E-state index is 7.49. The molecule has 0 unspecified atom stereocenters. The molecule has 108 valence electrons. The summed E-state index contributed by atoms with van der Waals surface area (Å²) in [6, 6.07) is 7.32. The second kappa shape index (κ2) is 5.92. The number of rotatable bonds is 3. The normalized spacial score (nSPS) is 11.4. The van der Waals surface area contributed by atoms with Crippen LogP contribution >= 0.6 is 11.6 Å². The topological polar surface area (TPSA) is 42.3 Å². The van der Waals surface area contributed by atoms with Crippen LogP contribution in [0.2, 0.25) is 5.02 Å². The van der Waals surface area contributed by atoms with Crippen LogP contribution in [0.1, 0.15) is 11.1 Å². The summed E-state index contributed by atoms with van der Waals surface area (Å²) in [7, 11) is 1.60. The van der Waals surface area contributed by atoms with Gasteiger partial charge in [-0.2, -0.15) is 0 Å². The van der Waals surface area contributed by atoms with E-state index in [2.05, 4.69) is 14.8 Å². The van der Waals surface area contributed by atoms with E-state index in [0.29, 0.717) is 16.5 Å². The smallest absolute Gasteiger partial charge is 0.197 e. The van der Waals surface area contributed by atoms with Gasteiger partial charge < -0.3 is 9.72 Å². The molecule has 3 rings (SSSR count). The summed E-state index contributed by atoms with van der Waals surface area (Å²) in [5.74, 6) is 0.680. The zero-order chi connectivity index (χ0) is 15.5. The molecular weight excluding hydrogens is 298 g/mol. The molecule has 0 spiro atoms. The highest BCUT2D eigenvalue weighted by molar-refractivity contribution is 6.31. The van der Waals surface area contributed by atoms with Gasteiger partial charge in [-0.3, -0.25) is 4.98 Å². The van der Waals surface area contributed by atoms with Crippen LogP contribution in [0.5, 0.6) is 5.75 Å². The van der Waals surface area contributed by atoms with Gasteiger partial charge in [-0.05, 0) is 35.9 Å². The Bertz CT molecular complexity index is 906. The first kappa shape index (κ1) is 14.2. The van der Waals surface area contributed by atoms with Gasteiger partial charge in [0, 0.05) is 34.1 Å². The fraction of sp³-hybridized carbons (Fsp3) is 0.0588. The number of halogens is 1. The van der Waals surface area contributed by atoms with Gasteiger partial charge in [0.1, 0.15) is 5.75 Å². The lowest BCUT2D eigenvalue weighted by atomic mass is 10.1. The van der Waals surface area contributed by atoms with E-state index in [4.69, 9.17) is 22.9 Å². The summed E-state index contributed by atoms with van der Waals surface area (Å²) in [4.78, 5) is 10.9. The number of hydrogen-bond donors (Lipinski definition) is 1. The number of aromatic amines is 1. The Morgan fingerprint density at radius 1 is 1.41 bits per heavy atom. The van der Waals surface area contributed by atoms with Crippen molar-refractivity contribution in [2.24, 2.45) is 0 Å². The van der Waals surface area contributed by atoms with Crippen molar-refractivity contribution in [3.8, 4) is 5.75 Å². The maximum Gasteiger partial charge on any atom is 0.197 e. The Labute approximate surface area is 132 Å². The molecule has 0 aliphatic rings. The summed E-state index contributed by atoms with van der Waals surface area (Å²) in [6.07, 6.45) is 6.92. The largest absolute Gasteiger partial charge is 0.496 e. The van der Waals surface area contributed by atoms with Crippen LogP contribution in [0.25, 0.3) is 27.5 Å². The van der Waals surface area contributed by atoms with Crippen molar-refractivity contribution in [3.63, 3.8) is 0 Å². The molecule has 0 amide bonds. The lowest BCUT2D eigenvalue weighted by molar-refractivity contribution is 0.413.